The van der Waals surface area contributed by atoms with Crippen LogP contribution in [0.25, 0.3) is 10.9 Å². The maximum absolute atomic E-state index is 14.2. The Morgan fingerprint density at radius 1 is 1.07 bits per heavy atom. The number of carbonyl (C=O) groups is 4. The zero-order chi connectivity index (χ0) is 32.2. The standard InChI is InChI=1S/C29H43BN4O9/c1-27(2,3)42-25(38)32-22(13-19-15-31-21-10-8-7-9-20(19)21)23(35)34-16-18(11-12-30(40)41)14-29(17-34,24(36)37)33-26(39)43-28(4,5)6/h7-10,15,18,22,31,40-41H,11-14,16-17H2,1-6H3,(H,32,38)(H,33,39)(H,36,37)/t18-,22?,29+/m0/s1. The molecule has 1 unspecified atom stereocenters. The number of aromatic nitrogens is 1. The fourth-order valence-corrected chi connectivity index (χ4v) is 5.26. The average molecular weight is 602 g/mol. The first-order valence-corrected chi connectivity index (χ1v) is 14.3. The molecule has 1 fully saturated rings. The van der Waals surface area contributed by atoms with Crippen molar-refractivity contribution in [3.05, 3.63) is 36.0 Å². The summed E-state index contributed by atoms with van der Waals surface area (Å²) in [4.78, 5) is 57.0. The number of ether oxygens (including phenoxy) is 2. The summed E-state index contributed by atoms with van der Waals surface area (Å²) in [6.07, 6.45) is 0.0483. The Morgan fingerprint density at radius 3 is 2.30 bits per heavy atom. The molecule has 0 bridgehead atoms. The van der Waals surface area contributed by atoms with Gasteiger partial charge < -0.3 is 45.1 Å². The van der Waals surface area contributed by atoms with Crippen LogP contribution in [0.5, 0.6) is 0 Å². The number of carbonyl (C=O) groups excluding carboxylic acids is 3. The topological polar surface area (TPSA) is 191 Å². The molecule has 1 aromatic carbocycles. The first-order chi connectivity index (χ1) is 19.9. The van der Waals surface area contributed by atoms with Crippen LogP contribution in [0.3, 0.4) is 0 Å². The van der Waals surface area contributed by atoms with E-state index in [0.29, 0.717) is 0 Å². The van der Waals surface area contributed by atoms with Gasteiger partial charge in [-0.1, -0.05) is 24.6 Å². The van der Waals surface area contributed by atoms with Gasteiger partial charge in [0, 0.05) is 30.1 Å². The van der Waals surface area contributed by atoms with Gasteiger partial charge in [0.15, 0.2) is 5.54 Å². The summed E-state index contributed by atoms with van der Waals surface area (Å²) in [7, 11) is -1.63. The van der Waals surface area contributed by atoms with Gasteiger partial charge >= 0.3 is 25.3 Å². The number of likely N-dealkylation sites (tertiary alicyclic amines) is 1. The van der Waals surface area contributed by atoms with E-state index in [1.807, 2.05) is 24.3 Å². The van der Waals surface area contributed by atoms with Crippen LogP contribution in [0.4, 0.5) is 9.59 Å². The second-order valence-electron chi connectivity index (χ2n) is 13.1. The molecule has 3 atom stereocenters. The van der Waals surface area contributed by atoms with E-state index >= 15 is 0 Å². The van der Waals surface area contributed by atoms with E-state index in [2.05, 4.69) is 15.6 Å². The summed E-state index contributed by atoms with van der Waals surface area (Å²) < 4.78 is 10.8. The molecule has 0 aliphatic carbocycles. The maximum atomic E-state index is 14.2. The molecule has 0 radical (unpaired) electrons. The largest absolute Gasteiger partial charge is 0.479 e. The van der Waals surface area contributed by atoms with Crippen LogP contribution in [0, 0.1) is 5.92 Å². The molecule has 2 heterocycles. The monoisotopic (exact) mass is 602 g/mol. The number of rotatable bonds is 9. The predicted molar refractivity (Wildman–Crippen MR) is 159 cm³/mol. The summed E-state index contributed by atoms with van der Waals surface area (Å²) in [5.41, 5.74) is -2.09. The van der Waals surface area contributed by atoms with Crippen molar-refractivity contribution in [3.8, 4) is 0 Å². The van der Waals surface area contributed by atoms with Crippen molar-refractivity contribution in [2.24, 2.45) is 5.92 Å². The number of H-pyrrole nitrogens is 1. The minimum absolute atomic E-state index is 0.0657. The molecular weight excluding hydrogens is 559 g/mol. The molecular formula is C29H43BN4O9. The van der Waals surface area contributed by atoms with Gasteiger partial charge in [-0.05, 0) is 71.8 Å². The van der Waals surface area contributed by atoms with Gasteiger partial charge in [-0.3, -0.25) is 4.79 Å². The van der Waals surface area contributed by atoms with Crippen molar-refractivity contribution in [3.63, 3.8) is 0 Å². The molecule has 0 spiro atoms. The molecule has 236 valence electrons. The molecule has 6 N–H and O–H groups in total. The zero-order valence-corrected chi connectivity index (χ0v) is 25.6. The molecule has 43 heavy (non-hydrogen) atoms. The van der Waals surface area contributed by atoms with Crippen LogP contribution >= 0.6 is 0 Å². The average Bonchev–Trinajstić information content (AvgIpc) is 3.27. The maximum Gasteiger partial charge on any atom is 0.451 e. The highest BCUT2D eigenvalue weighted by Gasteiger charge is 2.50. The van der Waals surface area contributed by atoms with Crippen LogP contribution in [-0.2, 0) is 25.5 Å². The lowest BCUT2D eigenvalue weighted by Gasteiger charge is -2.45. The van der Waals surface area contributed by atoms with E-state index in [1.54, 1.807) is 47.7 Å². The Morgan fingerprint density at radius 2 is 1.70 bits per heavy atom. The minimum Gasteiger partial charge on any atom is -0.479 e. The van der Waals surface area contributed by atoms with E-state index in [9.17, 15) is 34.3 Å². The van der Waals surface area contributed by atoms with E-state index in [0.717, 1.165) is 16.5 Å². The Balaban J connectivity index is 1.97. The summed E-state index contributed by atoms with van der Waals surface area (Å²) in [6.45, 7) is 9.65. The third kappa shape index (κ3) is 9.62. The number of hydrogen-bond acceptors (Lipinski definition) is 8. The molecule has 14 heteroatoms. The van der Waals surface area contributed by atoms with Crippen LogP contribution < -0.4 is 10.6 Å². The number of alkyl carbamates (subject to hydrolysis) is 2. The van der Waals surface area contributed by atoms with Crippen LogP contribution in [-0.4, -0.2) is 92.1 Å². The number of carboxylic acid groups (broad SMARTS) is 1. The Kier molecular flexibility index (Phi) is 10.4. The number of aromatic amines is 1. The third-order valence-electron chi connectivity index (χ3n) is 6.96. The number of benzene rings is 1. The number of para-hydroxylation sites is 1. The summed E-state index contributed by atoms with van der Waals surface area (Å²) in [6, 6.07) is 6.33. The molecule has 13 nitrogen and oxygen atoms in total. The van der Waals surface area contributed by atoms with Crippen LogP contribution in [0.2, 0.25) is 6.32 Å². The van der Waals surface area contributed by atoms with Crippen molar-refractivity contribution >= 4 is 42.1 Å². The van der Waals surface area contributed by atoms with Crippen molar-refractivity contribution in [1.29, 1.82) is 0 Å². The van der Waals surface area contributed by atoms with Crippen LogP contribution in [0.15, 0.2) is 30.5 Å². The summed E-state index contributed by atoms with van der Waals surface area (Å²) in [5.74, 6) is -2.48. The molecule has 3 rings (SSSR count). The highest BCUT2D eigenvalue weighted by atomic mass is 16.6. The van der Waals surface area contributed by atoms with Gasteiger partial charge in [-0.15, -0.1) is 0 Å². The van der Waals surface area contributed by atoms with E-state index in [-0.39, 0.29) is 32.1 Å². The van der Waals surface area contributed by atoms with Gasteiger partial charge in [0.1, 0.15) is 17.2 Å². The van der Waals surface area contributed by atoms with Gasteiger partial charge in [-0.2, -0.15) is 0 Å². The smallest absolute Gasteiger partial charge is 0.451 e. The Hall–Kier alpha value is -3.78. The molecule has 1 saturated heterocycles. The number of nitrogens with one attached hydrogen (secondary N) is 3. The predicted octanol–water partition coefficient (Wildman–Crippen LogP) is 2.66. The number of piperidine rings is 1. The summed E-state index contributed by atoms with van der Waals surface area (Å²) in [5, 5.41) is 35.3. The Labute approximate surface area is 251 Å². The molecule has 0 saturated carbocycles. The lowest BCUT2D eigenvalue weighted by atomic mass is 9.75. The third-order valence-corrected chi connectivity index (χ3v) is 6.96. The number of hydrogen-bond donors (Lipinski definition) is 6. The molecule has 2 aromatic rings. The fraction of sp³-hybridized carbons (Fsp3) is 0.586. The molecule has 1 aromatic heterocycles. The fourth-order valence-electron chi connectivity index (χ4n) is 5.26. The SMILES string of the molecule is CC(C)(C)OC(=O)NC(Cc1c[nH]c2ccccc12)C(=O)N1C[C@@H](CCB(O)O)C[C@](NC(=O)OC(C)(C)C)(C(=O)O)C1. The van der Waals surface area contributed by atoms with Gasteiger partial charge in [0.05, 0.1) is 6.54 Å². The van der Waals surface area contributed by atoms with Crippen LogP contribution in [0.1, 0.15) is 59.9 Å². The molecule has 1 aliphatic heterocycles. The number of nitrogens with zero attached hydrogens (tertiary/aromatic N) is 1. The first-order valence-electron chi connectivity index (χ1n) is 14.3. The lowest BCUT2D eigenvalue weighted by molar-refractivity contribution is -0.152. The van der Waals surface area contributed by atoms with Crippen molar-refractivity contribution in [2.45, 2.75) is 89.9 Å². The first kappa shape index (κ1) is 33.7. The minimum atomic E-state index is -1.93. The van der Waals surface area contributed by atoms with Crippen molar-refractivity contribution in [1.82, 2.24) is 20.5 Å². The van der Waals surface area contributed by atoms with Gasteiger partial charge in [0.25, 0.3) is 0 Å². The second-order valence-corrected chi connectivity index (χ2v) is 13.1. The van der Waals surface area contributed by atoms with Gasteiger partial charge in [0.2, 0.25) is 5.91 Å². The molecule has 1 aliphatic rings. The summed E-state index contributed by atoms with van der Waals surface area (Å²) >= 11 is 0. The number of amides is 3. The van der Waals surface area contributed by atoms with E-state index < -0.39 is 66.4 Å². The van der Waals surface area contributed by atoms with Crippen molar-refractivity contribution in [2.75, 3.05) is 13.1 Å². The van der Waals surface area contributed by atoms with Gasteiger partial charge in [-0.25, -0.2) is 14.4 Å². The lowest BCUT2D eigenvalue weighted by Crippen LogP contribution is -2.67. The zero-order valence-electron chi connectivity index (χ0n) is 25.6. The normalized spacial score (nSPS) is 19.8. The highest BCUT2D eigenvalue weighted by Crippen LogP contribution is 2.31. The molecule has 3 amide bonds. The van der Waals surface area contributed by atoms with E-state index in [4.69, 9.17) is 9.47 Å². The number of aliphatic carboxylic acids is 1. The van der Waals surface area contributed by atoms with Crippen molar-refractivity contribution < 1.29 is 43.8 Å². The quantitative estimate of drug-likeness (QED) is 0.234. The number of carboxylic acids is 1. The second kappa shape index (κ2) is 13.3. The Bertz CT molecular complexity index is 1320. The highest BCUT2D eigenvalue weighted by molar-refractivity contribution is 6.40. The number of fused-ring (bicyclic) bond motifs is 1. The van der Waals surface area contributed by atoms with E-state index in [1.165, 1.54) is 4.90 Å².